The van der Waals surface area contributed by atoms with Crippen molar-refractivity contribution in [3.8, 4) is 0 Å². The maximum atomic E-state index is 11.2. The smallest absolute Gasteiger partial charge is 0.185 e. The average Bonchev–Trinajstić information content (AvgIpc) is 3.01. The van der Waals surface area contributed by atoms with Crippen LogP contribution in [-0.2, 0) is 0 Å². The highest BCUT2D eigenvalue weighted by molar-refractivity contribution is 7.13. The van der Waals surface area contributed by atoms with Gasteiger partial charge in [-0.15, -0.1) is 11.3 Å². The highest BCUT2D eigenvalue weighted by Crippen LogP contribution is 2.30. The van der Waals surface area contributed by atoms with E-state index in [1.807, 2.05) is 17.6 Å². The van der Waals surface area contributed by atoms with E-state index in [0.717, 1.165) is 43.3 Å². The molecule has 0 radical (unpaired) electrons. The first-order valence-electron chi connectivity index (χ1n) is 6.42. The molecule has 0 atom stereocenters. The van der Waals surface area contributed by atoms with Gasteiger partial charge in [0.05, 0.1) is 10.7 Å². The average molecular weight is 308 g/mol. The van der Waals surface area contributed by atoms with Gasteiger partial charge >= 0.3 is 0 Å². The Labute approximate surface area is 126 Å². The second-order valence-corrected chi connectivity index (χ2v) is 5.86. The number of hydrogen-bond donors (Lipinski definition) is 0. The highest BCUT2D eigenvalue weighted by Gasteiger charge is 2.22. The van der Waals surface area contributed by atoms with Crippen LogP contribution in [0.5, 0.6) is 0 Å². The minimum atomic E-state index is 0.636. The lowest BCUT2D eigenvalue weighted by molar-refractivity contribution is 0.112. The van der Waals surface area contributed by atoms with Crippen LogP contribution in [0.15, 0.2) is 29.8 Å². The Balaban J connectivity index is 1.77. The molecular weight excluding hydrogens is 294 g/mol. The zero-order valence-electron chi connectivity index (χ0n) is 10.8. The number of carbonyl (C=O) groups excluding carboxylic acids is 1. The largest absolute Gasteiger partial charge is 0.366 e. The minimum absolute atomic E-state index is 0.636. The number of halogens is 1. The normalized spacial score (nSPS) is 15.4. The van der Waals surface area contributed by atoms with Crippen LogP contribution in [0.4, 0.5) is 10.8 Å². The lowest BCUT2D eigenvalue weighted by atomic mass is 10.1. The zero-order chi connectivity index (χ0) is 13.9. The lowest BCUT2D eigenvalue weighted by Crippen LogP contribution is -2.46. The Morgan fingerprint density at radius 2 is 1.95 bits per heavy atom. The van der Waals surface area contributed by atoms with Crippen molar-refractivity contribution in [3.63, 3.8) is 0 Å². The summed E-state index contributed by atoms with van der Waals surface area (Å²) in [6.45, 7) is 3.45. The molecule has 0 saturated carbocycles. The number of carbonyl (C=O) groups is 1. The van der Waals surface area contributed by atoms with E-state index < -0.39 is 0 Å². The summed E-state index contributed by atoms with van der Waals surface area (Å²) in [6.07, 6.45) is 2.69. The van der Waals surface area contributed by atoms with Crippen LogP contribution in [-0.4, -0.2) is 37.4 Å². The second-order valence-electron chi connectivity index (χ2n) is 4.58. The van der Waals surface area contributed by atoms with Gasteiger partial charge < -0.3 is 9.80 Å². The molecule has 0 unspecified atom stereocenters. The molecule has 104 valence electrons. The number of thiazole rings is 1. The van der Waals surface area contributed by atoms with Gasteiger partial charge in [-0.1, -0.05) is 17.7 Å². The van der Waals surface area contributed by atoms with Crippen molar-refractivity contribution in [2.75, 3.05) is 36.0 Å². The van der Waals surface area contributed by atoms with E-state index in [1.165, 1.54) is 0 Å². The molecule has 2 heterocycles. The first-order valence-corrected chi connectivity index (χ1v) is 7.68. The van der Waals surface area contributed by atoms with Gasteiger partial charge in [0, 0.05) is 43.3 Å². The van der Waals surface area contributed by atoms with E-state index in [2.05, 4.69) is 14.8 Å². The molecule has 1 saturated heterocycles. The fourth-order valence-corrected chi connectivity index (χ4v) is 3.45. The summed E-state index contributed by atoms with van der Waals surface area (Å²) in [7, 11) is 0. The Kier molecular flexibility index (Phi) is 3.89. The van der Waals surface area contributed by atoms with Crippen LogP contribution >= 0.6 is 22.9 Å². The molecule has 1 aliphatic heterocycles. The fraction of sp³-hybridized carbons (Fsp3) is 0.286. The predicted octanol–water partition coefficient (Wildman–Crippen LogP) is 2.94. The van der Waals surface area contributed by atoms with Crippen LogP contribution in [0.3, 0.4) is 0 Å². The third-order valence-electron chi connectivity index (χ3n) is 3.43. The second kappa shape index (κ2) is 5.81. The van der Waals surface area contributed by atoms with Gasteiger partial charge in [-0.05, 0) is 12.1 Å². The Morgan fingerprint density at radius 1 is 1.20 bits per heavy atom. The number of aldehydes is 1. The molecule has 20 heavy (non-hydrogen) atoms. The SMILES string of the molecule is O=Cc1cccc(Cl)c1N1CCN(c2nccs2)CC1. The summed E-state index contributed by atoms with van der Waals surface area (Å²) in [4.78, 5) is 19.9. The third-order valence-corrected chi connectivity index (χ3v) is 4.57. The molecule has 4 nitrogen and oxygen atoms in total. The van der Waals surface area contributed by atoms with Crippen LogP contribution in [0.2, 0.25) is 5.02 Å². The topological polar surface area (TPSA) is 36.4 Å². The summed E-state index contributed by atoms with van der Waals surface area (Å²) < 4.78 is 0. The van der Waals surface area contributed by atoms with Crippen LogP contribution in [0, 0.1) is 0 Å². The predicted molar refractivity (Wildman–Crippen MR) is 83.4 cm³/mol. The summed E-state index contributed by atoms with van der Waals surface area (Å²) in [6, 6.07) is 5.44. The zero-order valence-corrected chi connectivity index (χ0v) is 12.4. The van der Waals surface area contributed by atoms with Gasteiger partial charge in [-0.2, -0.15) is 0 Å². The maximum Gasteiger partial charge on any atom is 0.185 e. The summed E-state index contributed by atoms with van der Waals surface area (Å²) in [5, 5.41) is 3.68. The molecule has 1 aromatic heterocycles. The van der Waals surface area contributed by atoms with Gasteiger partial charge in [0.15, 0.2) is 11.4 Å². The highest BCUT2D eigenvalue weighted by atomic mass is 35.5. The van der Waals surface area contributed by atoms with Gasteiger partial charge in [0.25, 0.3) is 0 Å². The Morgan fingerprint density at radius 3 is 2.60 bits per heavy atom. The van der Waals surface area contributed by atoms with Crippen molar-refractivity contribution in [2.24, 2.45) is 0 Å². The van der Waals surface area contributed by atoms with E-state index in [1.54, 1.807) is 23.5 Å². The van der Waals surface area contributed by atoms with Gasteiger partial charge in [-0.25, -0.2) is 4.98 Å². The summed E-state index contributed by atoms with van der Waals surface area (Å²) in [5.74, 6) is 0. The maximum absolute atomic E-state index is 11.2. The number of rotatable bonds is 3. The number of benzene rings is 1. The lowest BCUT2D eigenvalue weighted by Gasteiger charge is -2.36. The van der Waals surface area contributed by atoms with Crippen molar-refractivity contribution >= 4 is 40.0 Å². The number of piperazine rings is 1. The van der Waals surface area contributed by atoms with E-state index in [9.17, 15) is 4.79 Å². The monoisotopic (exact) mass is 307 g/mol. The van der Waals surface area contributed by atoms with Gasteiger partial charge in [0.1, 0.15) is 0 Å². The fourth-order valence-electron chi connectivity index (χ4n) is 2.45. The molecule has 1 aromatic carbocycles. The third kappa shape index (κ3) is 2.51. The molecule has 0 N–H and O–H groups in total. The quantitative estimate of drug-likeness (QED) is 0.817. The molecule has 3 rings (SSSR count). The number of hydrogen-bond acceptors (Lipinski definition) is 5. The van der Waals surface area contributed by atoms with Gasteiger partial charge in [-0.3, -0.25) is 4.79 Å². The van der Waals surface area contributed by atoms with E-state index in [-0.39, 0.29) is 0 Å². The molecule has 1 fully saturated rings. The number of aromatic nitrogens is 1. The standard InChI is InChI=1S/C14H14ClN3OS/c15-12-3-1-2-11(10-19)13(12)17-5-7-18(8-6-17)14-16-4-9-20-14/h1-4,9-10H,5-8H2. The van der Waals surface area contributed by atoms with E-state index in [4.69, 9.17) is 11.6 Å². The number of para-hydroxylation sites is 1. The minimum Gasteiger partial charge on any atom is -0.366 e. The Hall–Kier alpha value is -1.59. The molecule has 2 aromatic rings. The summed E-state index contributed by atoms with van der Waals surface area (Å²) >= 11 is 7.90. The van der Waals surface area contributed by atoms with Crippen LogP contribution in [0.1, 0.15) is 10.4 Å². The van der Waals surface area contributed by atoms with Gasteiger partial charge in [0.2, 0.25) is 0 Å². The molecule has 0 aliphatic carbocycles. The number of nitrogens with zero attached hydrogens (tertiary/aromatic N) is 3. The first-order chi connectivity index (χ1) is 9.79. The van der Waals surface area contributed by atoms with E-state index >= 15 is 0 Å². The molecular formula is C14H14ClN3OS. The number of anilines is 2. The molecule has 1 aliphatic rings. The van der Waals surface area contributed by atoms with E-state index in [0.29, 0.717) is 10.6 Å². The molecule has 6 heteroatoms. The van der Waals surface area contributed by atoms with Crippen molar-refractivity contribution in [2.45, 2.75) is 0 Å². The summed E-state index contributed by atoms with van der Waals surface area (Å²) in [5.41, 5.74) is 1.50. The molecule has 0 bridgehead atoms. The first kappa shape index (κ1) is 13.4. The Bertz CT molecular complexity index is 594. The van der Waals surface area contributed by atoms with Crippen molar-refractivity contribution < 1.29 is 4.79 Å². The molecule has 0 spiro atoms. The van der Waals surface area contributed by atoms with Crippen LogP contribution in [0.25, 0.3) is 0 Å². The van der Waals surface area contributed by atoms with Crippen molar-refractivity contribution in [1.82, 2.24) is 4.98 Å². The van der Waals surface area contributed by atoms with Crippen molar-refractivity contribution in [3.05, 3.63) is 40.4 Å². The van der Waals surface area contributed by atoms with Crippen molar-refractivity contribution in [1.29, 1.82) is 0 Å². The molecule has 0 amide bonds. The van der Waals surface area contributed by atoms with Crippen LogP contribution < -0.4 is 9.80 Å².